The summed E-state index contributed by atoms with van der Waals surface area (Å²) in [6, 6.07) is 10.2. The Kier molecular flexibility index (Phi) is 4.55. The van der Waals surface area contributed by atoms with Gasteiger partial charge in [-0.25, -0.2) is 0 Å². The first kappa shape index (κ1) is 13.9. The molecule has 0 fully saturated rings. The fraction of sp³-hybridized carbons (Fsp3) is 0.200. The summed E-state index contributed by atoms with van der Waals surface area (Å²) >= 11 is 0. The van der Waals surface area contributed by atoms with Crippen LogP contribution in [0.1, 0.15) is 28.1 Å². The Balaban J connectivity index is 1.76. The Bertz CT molecular complexity index is 572. The molecule has 0 saturated carbocycles. The van der Waals surface area contributed by atoms with Gasteiger partial charge in [-0.05, 0) is 29.8 Å². The second-order valence-electron chi connectivity index (χ2n) is 4.30. The van der Waals surface area contributed by atoms with Gasteiger partial charge < -0.3 is 14.9 Å². The van der Waals surface area contributed by atoms with Gasteiger partial charge in [0.25, 0.3) is 0 Å². The molecule has 104 valence electrons. The number of ether oxygens (including phenoxy) is 1. The third-order valence-electron chi connectivity index (χ3n) is 2.79. The average Bonchev–Trinajstić information content (AvgIpc) is 2.96. The van der Waals surface area contributed by atoms with E-state index >= 15 is 0 Å². The van der Waals surface area contributed by atoms with Gasteiger partial charge in [0, 0.05) is 12.0 Å². The van der Waals surface area contributed by atoms with E-state index in [1.165, 1.54) is 0 Å². The van der Waals surface area contributed by atoms with Crippen molar-refractivity contribution >= 4 is 11.9 Å². The van der Waals surface area contributed by atoms with Crippen LogP contribution in [-0.4, -0.2) is 11.9 Å². The van der Waals surface area contributed by atoms with E-state index < -0.39 is 5.91 Å². The standard InChI is InChI=1S/C15H15NO4/c16-15(18)12-5-3-11(4-6-12)10-20-14(17)8-7-13-2-1-9-19-13/h1-6,9H,7-8,10H2,(H2,16,18). The molecule has 0 aliphatic rings. The zero-order valence-corrected chi connectivity index (χ0v) is 10.9. The number of nitrogens with two attached hydrogens (primary N) is 1. The summed E-state index contributed by atoms with van der Waals surface area (Å²) in [6.45, 7) is 0.177. The maximum absolute atomic E-state index is 11.5. The highest BCUT2D eigenvalue weighted by molar-refractivity contribution is 5.92. The number of hydrogen-bond donors (Lipinski definition) is 1. The van der Waals surface area contributed by atoms with Crippen molar-refractivity contribution in [2.24, 2.45) is 5.73 Å². The lowest BCUT2D eigenvalue weighted by Gasteiger charge is -2.05. The predicted octanol–water partition coefficient (Wildman–Crippen LogP) is 2.05. The molecule has 0 radical (unpaired) electrons. The van der Waals surface area contributed by atoms with Gasteiger partial charge in [-0.1, -0.05) is 12.1 Å². The number of rotatable bonds is 6. The van der Waals surface area contributed by atoms with Gasteiger partial charge in [0.15, 0.2) is 0 Å². The van der Waals surface area contributed by atoms with Gasteiger partial charge in [-0.15, -0.1) is 0 Å². The maximum atomic E-state index is 11.5. The highest BCUT2D eigenvalue weighted by Gasteiger charge is 2.06. The largest absolute Gasteiger partial charge is 0.469 e. The fourth-order valence-electron chi connectivity index (χ4n) is 1.68. The van der Waals surface area contributed by atoms with E-state index in [2.05, 4.69) is 0 Å². The second-order valence-corrected chi connectivity index (χ2v) is 4.30. The molecule has 1 aromatic carbocycles. The van der Waals surface area contributed by atoms with E-state index in [1.54, 1.807) is 36.6 Å². The third-order valence-corrected chi connectivity index (χ3v) is 2.79. The Morgan fingerprint density at radius 2 is 1.90 bits per heavy atom. The summed E-state index contributed by atoms with van der Waals surface area (Å²) in [5.74, 6) is -0.0138. The minimum atomic E-state index is -0.480. The van der Waals surface area contributed by atoms with Crippen LogP contribution in [0.3, 0.4) is 0 Å². The van der Waals surface area contributed by atoms with Crippen LogP contribution in [0, 0.1) is 0 Å². The quantitative estimate of drug-likeness (QED) is 0.816. The fourth-order valence-corrected chi connectivity index (χ4v) is 1.68. The van der Waals surface area contributed by atoms with Crippen LogP contribution in [0.25, 0.3) is 0 Å². The monoisotopic (exact) mass is 273 g/mol. The van der Waals surface area contributed by atoms with Gasteiger partial charge in [-0.2, -0.15) is 0 Å². The summed E-state index contributed by atoms with van der Waals surface area (Å²) < 4.78 is 10.3. The van der Waals surface area contributed by atoms with Crippen LogP contribution in [0.5, 0.6) is 0 Å². The number of amides is 1. The minimum Gasteiger partial charge on any atom is -0.469 e. The van der Waals surface area contributed by atoms with Crippen LogP contribution in [0.4, 0.5) is 0 Å². The van der Waals surface area contributed by atoms with Crippen LogP contribution < -0.4 is 5.73 Å². The van der Waals surface area contributed by atoms with Crippen molar-refractivity contribution in [1.29, 1.82) is 0 Å². The maximum Gasteiger partial charge on any atom is 0.306 e. The topological polar surface area (TPSA) is 82.5 Å². The first-order chi connectivity index (χ1) is 9.65. The van der Waals surface area contributed by atoms with Crippen LogP contribution in [0.15, 0.2) is 47.1 Å². The first-order valence-corrected chi connectivity index (χ1v) is 6.22. The van der Waals surface area contributed by atoms with Crippen molar-refractivity contribution in [2.75, 3.05) is 0 Å². The van der Waals surface area contributed by atoms with Crippen LogP contribution in [0.2, 0.25) is 0 Å². The Labute approximate surface area is 116 Å². The summed E-state index contributed by atoms with van der Waals surface area (Å²) in [5, 5.41) is 0. The lowest BCUT2D eigenvalue weighted by Crippen LogP contribution is -2.11. The number of primary amides is 1. The van der Waals surface area contributed by atoms with E-state index in [0.29, 0.717) is 12.0 Å². The number of carbonyl (C=O) groups is 2. The summed E-state index contributed by atoms with van der Waals surface area (Å²) in [7, 11) is 0. The summed E-state index contributed by atoms with van der Waals surface area (Å²) in [6.07, 6.45) is 2.36. The number of esters is 1. The lowest BCUT2D eigenvalue weighted by molar-refractivity contribution is -0.145. The second kappa shape index (κ2) is 6.56. The van der Waals surface area contributed by atoms with Crippen molar-refractivity contribution in [1.82, 2.24) is 0 Å². The Morgan fingerprint density at radius 1 is 1.15 bits per heavy atom. The summed E-state index contributed by atoms with van der Waals surface area (Å²) in [4.78, 5) is 22.5. The molecule has 2 rings (SSSR count). The van der Waals surface area contributed by atoms with Crippen LogP contribution in [-0.2, 0) is 22.6 Å². The van der Waals surface area contributed by atoms with Gasteiger partial charge in [0.2, 0.25) is 5.91 Å². The molecule has 20 heavy (non-hydrogen) atoms. The van der Waals surface area contributed by atoms with Gasteiger partial charge in [-0.3, -0.25) is 9.59 Å². The third kappa shape index (κ3) is 3.98. The number of hydrogen-bond acceptors (Lipinski definition) is 4. The number of benzene rings is 1. The predicted molar refractivity (Wildman–Crippen MR) is 71.8 cm³/mol. The van der Waals surface area contributed by atoms with Gasteiger partial charge in [0.1, 0.15) is 12.4 Å². The van der Waals surface area contributed by atoms with Gasteiger partial charge in [0.05, 0.1) is 12.7 Å². The van der Waals surface area contributed by atoms with Crippen LogP contribution >= 0.6 is 0 Å². The van der Waals surface area contributed by atoms with E-state index in [4.69, 9.17) is 14.9 Å². The molecule has 0 unspecified atom stereocenters. The average molecular weight is 273 g/mol. The molecule has 1 amide bonds. The molecule has 5 nitrogen and oxygen atoms in total. The summed E-state index contributed by atoms with van der Waals surface area (Å²) in [5.41, 5.74) is 6.37. The molecule has 2 N–H and O–H groups in total. The van der Waals surface area contributed by atoms with E-state index in [0.717, 1.165) is 11.3 Å². The first-order valence-electron chi connectivity index (χ1n) is 6.22. The number of furan rings is 1. The van der Waals surface area contributed by atoms with Gasteiger partial charge >= 0.3 is 5.97 Å². The smallest absolute Gasteiger partial charge is 0.306 e. The molecule has 0 bridgehead atoms. The molecule has 0 aliphatic carbocycles. The zero-order chi connectivity index (χ0) is 14.4. The molecule has 2 aromatic rings. The molecule has 1 aromatic heterocycles. The molecular weight excluding hydrogens is 258 g/mol. The van der Waals surface area contributed by atoms with Crippen molar-refractivity contribution < 1.29 is 18.7 Å². The van der Waals surface area contributed by atoms with E-state index in [1.807, 2.05) is 6.07 Å². The van der Waals surface area contributed by atoms with Crippen molar-refractivity contribution in [2.45, 2.75) is 19.4 Å². The minimum absolute atomic E-state index is 0.177. The lowest BCUT2D eigenvalue weighted by atomic mass is 10.1. The van der Waals surface area contributed by atoms with E-state index in [9.17, 15) is 9.59 Å². The molecule has 0 atom stereocenters. The van der Waals surface area contributed by atoms with Crippen molar-refractivity contribution in [3.63, 3.8) is 0 Å². The highest BCUT2D eigenvalue weighted by atomic mass is 16.5. The van der Waals surface area contributed by atoms with E-state index in [-0.39, 0.29) is 19.0 Å². The highest BCUT2D eigenvalue weighted by Crippen LogP contribution is 2.08. The van der Waals surface area contributed by atoms with Crippen molar-refractivity contribution in [3.8, 4) is 0 Å². The normalized spacial score (nSPS) is 10.2. The molecule has 0 saturated heterocycles. The molecule has 0 aliphatic heterocycles. The zero-order valence-electron chi connectivity index (χ0n) is 10.9. The molecule has 0 spiro atoms. The Morgan fingerprint density at radius 3 is 2.50 bits per heavy atom. The number of carbonyl (C=O) groups excluding carboxylic acids is 2. The molecule has 5 heteroatoms. The van der Waals surface area contributed by atoms with Crippen molar-refractivity contribution in [3.05, 3.63) is 59.5 Å². The number of aryl methyl sites for hydroxylation is 1. The molecular formula is C15H15NO4. The SMILES string of the molecule is NC(=O)c1ccc(COC(=O)CCc2ccco2)cc1. The molecule has 1 heterocycles. The Hall–Kier alpha value is -2.56.